The lowest BCUT2D eigenvalue weighted by Gasteiger charge is -2.13. The van der Waals surface area contributed by atoms with Crippen molar-refractivity contribution in [2.45, 2.75) is 26.8 Å². The topological polar surface area (TPSA) is 3.24 Å². The molecule has 9 heavy (non-hydrogen) atoms. The van der Waals surface area contributed by atoms with Crippen molar-refractivity contribution in [3.8, 4) is 0 Å². The normalized spacial score (nSPS) is 30.0. The highest BCUT2D eigenvalue weighted by molar-refractivity contribution is 8.01. The third-order valence-electron chi connectivity index (χ3n) is 2.01. The van der Waals surface area contributed by atoms with Crippen molar-refractivity contribution in [2.75, 3.05) is 7.05 Å². The van der Waals surface area contributed by atoms with Gasteiger partial charge in [-0.15, -0.1) is 0 Å². The molecule has 0 amide bonds. The second kappa shape index (κ2) is 2.35. The summed E-state index contributed by atoms with van der Waals surface area (Å²) in [5.41, 5.74) is 1.52. The van der Waals surface area contributed by atoms with Gasteiger partial charge in [-0.2, -0.15) is 0 Å². The minimum atomic E-state index is 0.634. The molecule has 1 heterocycles. The number of hydrogen-bond acceptors (Lipinski definition) is 2. The number of hydrogen-bond donors (Lipinski definition) is 0. The largest absolute Gasteiger partial charge is 0.243 e. The van der Waals surface area contributed by atoms with Crippen LogP contribution in [0.4, 0.5) is 0 Å². The second-order valence-corrected chi connectivity index (χ2v) is 3.92. The first kappa shape index (κ1) is 7.16. The van der Waals surface area contributed by atoms with Crippen LogP contribution < -0.4 is 0 Å². The van der Waals surface area contributed by atoms with Crippen LogP contribution in [0.1, 0.15) is 20.8 Å². The van der Waals surface area contributed by atoms with Gasteiger partial charge in [-0.3, -0.25) is 0 Å². The smallest absolute Gasteiger partial charge is 0.0391 e. The molecule has 52 valence electrons. The summed E-state index contributed by atoms with van der Waals surface area (Å²) >= 11 is 1.85. The number of allylic oxidation sites excluding steroid dienone is 1. The number of rotatable bonds is 0. The van der Waals surface area contributed by atoms with Gasteiger partial charge in [0.1, 0.15) is 0 Å². The van der Waals surface area contributed by atoms with Crippen molar-refractivity contribution < 1.29 is 0 Å². The third-order valence-corrected chi connectivity index (χ3v) is 3.21. The van der Waals surface area contributed by atoms with E-state index in [0.717, 1.165) is 0 Å². The molecule has 0 aromatic rings. The molecule has 0 bridgehead atoms. The summed E-state index contributed by atoms with van der Waals surface area (Å²) in [4.78, 5) is 1.46. The van der Waals surface area contributed by atoms with Crippen LogP contribution in [0.2, 0.25) is 0 Å². The summed E-state index contributed by atoms with van der Waals surface area (Å²) < 4.78 is 2.28. The summed E-state index contributed by atoms with van der Waals surface area (Å²) in [5, 5.41) is 0. The highest BCUT2D eigenvalue weighted by atomic mass is 32.2. The Morgan fingerprint density at radius 1 is 1.44 bits per heavy atom. The van der Waals surface area contributed by atoms with Gasteiger partial charge >= 0.3 is 0 Å². The van der Waals surface area contributed by atoms with Gasteiger partial charge in [-0.1, -0.05) is 0 Å². The van der Waals surface area contributed by atoms with Gasteiger partial charge in [-0.25, -0.2) is 4.31 Å². The quantitative estimate of drug-likeness (QED) is 0.478. The van der Waals surface area contributed by atoms with Crippen molar-refractivity contribution in [2.24, 2.45) is 0 Å². The SMILES string of the molecule is CC1=C(C)C(C)N(C)S1. The fraction of sp³-hybridized carbons (Fsp3) is 0.714. The van der Waals surface area contributed by atoms with Crippen molar-refractivity contribution in [3.63, 3.8) is 0 Å². The zero-order valence-electron chi connectivity index (χ0n) is 6.43. The first-order valence-electron chi connectivity index (χ1n) is 3.21. The molecular weight excluding hydrogens is 130 g/mol. The molecule has 0 N–H and O–H groups in total. The highest BCUT2D eigenvalue weighted by Crippen LogP contribution is 2.34. The molecule has 0 aromatic carbocycles. The van der Waals surface area contributed by atoms with E-state index in [1.165, 1.54) is 10.5 Å². The van der Waals surface area contributed by atoms with E-state index < -0.39 is 0 Å². The van der Waals surface area contributed by atoms with Gasteiger partial charge in [0.2, 0.25) is 0 Å². The molecule has 0 saturated heterocycles. The average Bonchev–Trinajstić information content (AvgIpc) is 1.98. The van der Waals surface area contributed by atoms with Crippen LogP contribution in [0.3, 0.4) is 0 Å². The molecule has 0 saturated carbocycles. The molecule has 1 rings (SSSR count). The second-order valence-electron chi connectivity index (χ2n) is 2.55. The minimum absolute atomic E-state index is 0.634. The van der Waals surface area contributed by atoms with E-state index in [0.29, 0.717) is 6.04 Å². The van der Waals surface area contributed by atoms with E-state index in [1.807, 2.05) is 11.9 Å². The van der Waals surface area contributed by atoms with Crippen LogP contribution in [0.15, 0.2) is 10.5 Å². The van der Waals surface area contributed by atoms with E-state index in [2.05, 4.69) is 32.1 Å². The van der Waals surface area contributed by atoms with Crippen LogP contribution in [0.5, 0.6) is 0 Å². The predicted molar refractivity (Wildman–Crippen MR) is 43.2 cm³/mol. The van der Waals surface area contributed by atoms with Crippen LogP contribution in [0.25, 0.3) is 0 Å². The summed E-state index contributed by atoms with van der Waals surface area (Å²) in [6.07, 6.45) is 0. The van der Waals surface area contributed by atoms with E-state index in [1.54, 1.807) is 0 Å². The summed E-state index contributed by atoms with van der Waals surface area (Å²) in [6.45, 7) is 6.62. The summed E-state index contributed by atoms with van der Waals surface area (Å²) in [6, 6.07) is 0.634. The van der Waals surface area contributed by atoms with E-state index >= 15 is 0 Å². The summed E-state index contributed by atoms with van der Waals surface area (Å²) in [7, 11) is 2.13. The highest BCUT2D eigenvalue weighted by Gasteiger charge is 2.21. The van der Waals surface area contributed by atoms with E-state index in [9.17, 15) is 0 Å². The molecule has 1 atom stereocenters. The Hall–Kier alpha value is 0.0500. The van der Waals surface area contributed by atoms with E-state index in [4.69, 9.17) is 0 Å². The van der Waals surface area contributed by atoms with Crippen molar-refractivity contribution in [1.82, 2.24) is 4.31 Å². The van der Waals surface area contributed by atoms with Crippen LogP contribution in [0, 0.1) is 0 Å². The maximum Gasteiger partial charge on any atom is 0.0391 e. The van der Waals surface area contributed by atoms with Crippen LogP contribution in [-0.2, 0) is 0 Å². The van der Waals surface area contributed by atoms with E-state index in [-0.39, 0.29) is 0 Å². The molecule has 0 aromatic heterocycles. The Morgan fingerprint density at radius 2 is 2.00 bits per heavy atom. The maximum absolute atomic E-state index is 2.28. The maximum atomic E-state index is 2.28. The number of nitrogens with zero attached hydrogens (tertiary/aromatic N) is 1. The summed E-state index contributed by atoms with van der Waals surface area (Å²) in [5.74, 6) is 0. The molecule has 0 spiro atoms. The predicted octanol–water partition coefficient (Wildman–Crippen LogP) is 2.26. The lowest BCUT2D eigenvalue weighted by atomic mass is 10.1. The van der Waals surface area contributed by atoms with Crippen molar-refractivity contribution in [1.29, 1.82) is 0 Å². The molecule has 2 heteroatoms. The minimum Gasteiger partial charge on any atom is -0.243 e. The first-order chi connectivity index (χ1) is 4.13. The molecule has 0 fully saturated rings. The Morgan fingerprint density at radius 3 is 2.11 bits per heavy atom. The molecular formula is C7H13NS. The lowest BCUT2D eigenvalue weighted by molar-refractivity contribution is 0.502. The van der Waals surface area contributed by atoms with Gasteiger partial charge < -0.3 is 0 Å². The first-order valence-corrected chi connectivity index (χ1v) is 3.98. The number of likely N-dealkylation sites (N-methyl/N-ethyl adjacent to an activating group) is 1. The van der Waals surface area contributed by atoms with Gasteiger partial charge in [0, 0.05) is 6.04 Å². The van der Waals surface area contributed by atoms with Gasteiger partial charge in [0.25, 0.3) is 0 Å². The monoisotopic (exact) mass is 143 g/mol. The zero-order chi connectivity index (χ0) is 7.02. The van der Waals surface area contributed by atoms with Crippen LogP contribution in [-0.4, -0.2) is 17.4 Å². The van der Waals surface area contributed by atoms with Crippen LogP contribution >= 0.6 is 11.9 Å². The fourth-order valence-electron chi connectivity index (χ4n) is 0.934. The van der Waals surface area contributed by atoms with Crippen molar-refractivity contribution in [3.05, 3.63) is 10.5 Å². The fourth-order valence-corrected chi connectivity index (χ4v) is 2.00. The molecule has 0 aliphatic carbocycles. The Kier molecular flexibility index (Phi) is 1.87. The molecule has 1 aliphatic rings. The van der Waals surface area contributed by atoms with Gasteiger partial charge in [0.05, 0.1) is 0 Å². The third kappa shape index (κ3) is 1.14. The van der Waals surface area contributed by atoms with Gasteiger partial charge in [-0.05, 0) is 50.2 Å². The van der Waals surface area contributed by atoms with Crippen molar-refractivity contribution >= 4 is 11.9 Å². The van der Waals surface area contributed by atoms with Gasteiger partial charge in [0.15, 0.2) is 0 Å². The average molecular weight is 143 g/mol. The molecule has 1 aliphatic heterocycles. The lowest BCUT2D eigenvalue weighted by Crippen LogP contribution is -2.17. The Bertz CT molecular complexity index is 151. The standard InChI is InChI=1S/C7H13NS/c1-5-6(2)8(4)9-7(5)3/h6H,1-4H3. The Labute approximate surface area is 61.3 Å². The zero-order valence-corrected chi connectivity index (χ0v) is 7.25. The molecule has 1 unspecified atom stereocenters. The molecule has 1 nitrogen and oxygen atoms in total. The molecule has 0 radical (unpaired) electrons. The Balaban J connectivity index is 2.74.